The van der Waals surface area contributed by atoms with Crippen LogP contribution in [0.4, 0.5) is 0 Å². The molecule has 4 heteroatoms. The lowest BCUT2D eigenvalue weighted by atomic mass is 10.1. The molecule has 104 valence electrons. The van der Waals surface area contributed by atoms with Crippen LogP contribution in [-0.2, 0) is 11.3 Å². The summed E-state index contributed by atoms with van der Waals surface area (Å²) in [6, 6.07) is 7.31. The van der Waals surface area contributed by atoms with Gasteiger partial charge in [-0.25, -0.2) is 0 Å². The average molecular weight is 262 g/mol. The van der Waals surface area contributed by atoms with Crippen LogP contribution in [-0.4, -0.2) is 30.8 Å². The van der Waals surface area contributed by atoms with E-state index in [1.807, 2.05) is 26.0 Å². The third kappa shape index (κ3) is 4.39. The van der Waals surface area contributed by atoms with Crippen LogP contribution in [0.1, 0.15) is 36.2 Å². The summed E-state index contributed by atoms with van der Waals surface area (Å²) >= 11 is 0. The molecular formula is C15H22N2O2. The van der Waals surface area contributed by atoms with Gasteiger partial charge in [0.25, 0.3) is 5.91 Å². The smallest absolute Gasteiger partial charge is 0.253 e. The summed E-state index contributed by atoms with van der Waals surface area (Å²) in [6.45, 7) is 4.40. The summed E-state index contributed by atoms with van der Waals surface area (Å²) in [5.74, 6) is 0.0840. The van der Waals surface area contributed by atoms with Crippen LogP contribution >= 0.6 is 0 Å². The first-order chi connectivity index (χ1) is 8.95. The Labute approximate surface area is 114 Å². The Morgan fingerprint density at radius 2 is 1.79 bits per heavy atom. The van der Waals surface area contributed by atoms with Crippen LogP contribution in [0.3, 0.4) is 0 Å². The molecule has 0 saturated heterocycles. The summed E-state index contributed by atoms with van der Waals surface area (Å²) in [5.41, 5.74) is 1.65. The molecule has 0 bridgehead atoms. The van der Waals surface area contributed by atoms with Gasteiger partial charge >= 0.3 is 0 Å². The molecule has 4 nitrogen and oxygen atoms in total. The third-order valence-corrected chi connectivity index (χ3v) is 3.13. The lowest BCUT2D eigenvalue weighted by molar-refractivity contribution is -0.124. The number of benzene rings is 1. The number of nitrogens with one attached hydrogen (secondary N) is 1. The fraction of sp³-hybridized carbons (Fsp3) is 0.467. The van der Waals surface area contributed by atoms with Gasteiger partial charge in [-0.05, 0) is 24.1 Å². The molecule has 1 aromatic rings. The molecule has 19 heavy (non-hydrogen) atoms. The predicted octanol–water partition coefficient (Wildman–Crippen LogP) is 2.05. The lowest BCUT2D eigenvalue weighted by Gasteiger charge is -2.12. The minimum absolute atomic E-state index is 0.0183. The maximum absolute atomic E-state index is 11.7. The molecule has 0 spiro atoms. The van der Waals surface area contributed by atoms with E-state index in [1.54, 1.807) is 31.1 Å². The second-order valence-electron chi connectivity index (χ2n) is 4.92. The number of rotatable bonds is 5. The fourth-order valence-electron chi connectivity index (χ4n) is 1.57. The van der Waals surface area contributed by atoms with Gasteiger partial charge < -0.3 is 10.2 Å². The van der Waals surface area contributed by atoms with Crippen molar-refractivity contribution in [1.29, 1.82) is 0 Å². The van der Waals surface area contributed by atoms with Crippen molar-refractivity contribution in [2.24, 2.45) is 5.92 Å². The Bertz CT molecular complexity index is 438. The number of hydrogen-bond donors (Lipinski definition) is 1. The monoisotopic (exact) mass is 262 g/mol. The number of carbonyl (C=O) groups excluding carboxylic acids is 2. The van der Waals surface area contributed by atoms with E-state index in [9.17, 15) is 9.59 Å². The van der Waals surface area contributed by atoms with Gasteiger partial charge in [0.15, 0.2) is 0 Å². The van der Waals surface area contributed by atoms with Crippen LogP contribution in [0.25, 0.3) is 0 Å². The van der Waals surface area contributed by atoms with E-state index in [2.05, 4.69) is 5.32 Å². The average Bonchev–Trinajstić information content (AvgIpc) is 2.43. The maximum Gasteiger partial charge on any atom is 0.253 e. The highest BCUT2D eigenvalue weighted by molar-refractivity contribution is 5.93. The summed E-state index contributed by atoms with van der Waals surface area (Å²) in [7, 11) is 3.45. The molecule has 0 radical (unpaired) electrons. The topological polar surface area (TPSA) is 49.4 Å². The molecule has 1 rings (SSSR count). The molecule has 0 saturated carbocycles. The number of hydrogen-bond acceptors (Lipinski definition) is 2. The molecule has 0 heterocycles. The zero-order valence-electron chi connectivity index (χ0n) is 12.1. The van der Waals surface area contributed by atoms with Gasteiger partial charge in [0.05, 0.1) is 0 Å². The molecule has 0 aliphatic carbocycles. The summed E-state index contributed by atoms with van der Waals surface area (Å²) in [4.78, 5) is 24.9. The highest BCUT2D eigenvalue weighted by atomic mass is 16.2. The largest absolute Gasteiger partial charge is 0.352 e. The zero-order chi connectivity index (χ0) is 14.4. The van der Waals surface area contributed by atoms with Crippen molar-refractivity contribution in [2.75, 3.05) is 14.1 Å². The Morgan fingerprint density at radius 1 is 1.21 bits per heavy atom. The zero-order valence-corrected chi connectivity index (χ0v) is 12.1. The van der Waals surface area contributed by atoms with Gasteiger partial charge in [0.1, 0.15) is 0 Å². The van der Waals surface area contributed by atoms with Crippen molar-refractivity contribution >= 4 is 11.8 Å². The van der Waals surface area contributed by atoms with E-state index in [4.69, 9.17) is 0 Å². The van der Waals surface area contributed by atoms with E-state index in [1.165, 1.54) is 0 Å². The van der Waals surface area contributed by atoms with Crippen LogP contribution in [0.5, 0.6) is 0 Å². The van der Waals surface area contributed by atoms with Gasteiger partial charge in [0, 0.05) is 32.1 Å². The van der Waals surface area contributed by atoms with Crippen molar-refractivity contribution in [1.82, 2.24) is 10.2 Å². The van der Waals surface area contributed by atoms with Gasteiger partial charge in [0.2, 0.25) is 5.91 Å². The summed E-state index contributed by atoms with van der Waals surface area (Å²) in [6.07, 6.45) is 0.835. The second kappa shape index (κ2) is 6.92. The van der Waals surface area contributed by atoms with Crippen LogP contribution < -0.4 is 5.32 Å². The van der Waals surface area contributed by atoms with E-state index < -0.39 is 0 Å². The highest BCUT2D eigenvalue weighted by Crippen LogP contribution is 2.07. The van der Waals surface area contributed by atoms with Crippen LogP contribution in [0, 0.1) is 5.92 Å². The molecule has 1 N–H and O–H groups in total. The second-order valence-corrected chi connectivity index (χ2v) is 4.92. The quantitative estimate of drug-likeness (QED) is 0.883. The molecule has 0 fully saturated rings. The Hall–Kier alpha value is -1.84. The molecular weight excluding hydrogens is 240 g/mol. The Kier molecular flexibility index (Phi) is 5.55. The number of nitrogens with zero attached hydrogens (tertiary/aromatic N) is 1. The predicted molar refractivity (Wildman–Crippen MR) is 75.8 cm³/mol. The van der Waals surface area contributed by atoms with Crippen molar-refractivity contribution in [2.45, 2.75) is 26.8 Å². The highest BCUT2D eigenvalue weighted by Gasteiger charge is 2.10. The molecule has 0 aliphatic heterocycles. The van der Waals surface area contributed by atoms with Crippen LogP contribution in [0.2, 0.25) is 0 Å². The van der Waals surface area contributed by atoms with Crippen molar-refractivity contribution in [3.05, 3.63) is 35.4 Å². The molecule has 1 atom stereocenters. The number of carbonyl (C=O) groups is 2. The van der Waals surface area contributed by atoms with Crippen molar-refractivity contribution < 1.29 is 9.59 Å². The molecule has 2 amide bonds. The third-order valence-electron chi connectivity index (χ3n) is 3.13. The van der Waals surface area contributed by atoms with E-state index in [-0.39, 0.29) is 17.7 Å². The van der Waals surface area contributed by atoms with Crippen molar-refractivity contribution in [3.63, 3.8) is 0 Å². The van der Waals surface area contributed by atoms with Gasteiger partial charge in [-0.3, -0.25) is 9.59 Å². The maximum atomic E-state index is 11.7. The molecule has 0 aromatic heterocycles. The molecule has 0 aliphatic rings. The van der Waals surface area contributed by atoms with E-state index in [0.717, 1.165) is 12.0 Å². The lowest BCUT2D eigenvalue weighted by Crippen LogP contribution is -2.28. The minimum Gasteiger partial charge on any atom is -0.352 e. The first kappa shape index (κ1) is 15.2. The fourth-order valence-corrected chi connectivity index (χ4v) is 1.57. The molecule has 1 unspecified atom stereocenters. The first-order valence-corrected chi connectivity index (χ1v) is 6.54. The molecule has 1 aromatic carbocycles. The number of amides is 2. The van der Waals surface area contributed by atoms with Gasteiger partial charge in [-0.2, -0.15) is 0 Å². The van der Waals surface area contributed by atoms with Crippen LogP contribution in [0.15, 0.2) is 24.3 Å². The summed E-state index contributed by atoms with van der Waals surface area (Å²) < 4.78 is 0. The minimum atomic E-state index is -0.0183. The Balaban J connectivity index is 2.58. The van der Waals surface area contributed by atoms with E-state index in [0.29, 0.717) is 12.1 Å². The normalized spacial score (nSPS) is 11.8. The van der Waals surface area contributed by atoms with Gasteiger partial charge in [-0.15, -0.1) is 0 Å². The Morgan fingerprint density at radius 3 is 2.26 bits per heavy atom. The first-order valence-electron chi connectivity index (χ1n) is 6.54. The van der Waals surface area contributed by atoms with Gasteiger partial charge in [-0.1, -0.05) is 26.0 Å². The SMILES string of the molecule is CCC(C)C(=O)NCc1ccc(C(=O)N(C)C)cc1. The van der Waals surface area contributed by atoms with E-state index >= 15 is 0 Å². The summed E-state index contributed by atoms with van der Waals surface area (Å²) in [5, 5.41) is 2.89. The van der Waals surface area contributed by atoms with Crippen molar-refractivity contribution in [3.8, 4) is 0 Å². The standard InChI is InChI=1S/C15H22N2O2/c1-5-11(2)14(18)16-10-12-6-8-13(9-7-12)15(19)17(3)4/h6-9,11H,5,10H2,1-4H3,(H,16,18).